The maximum absolute atomic E-state index is 10.1. The molecule has 1 aliphatic carbocycles. The molecule has 0 heterocycles. The Balaban J connectivity index is 1.85. The van der Waals surface area contributed by atoms with Gasteiger partial charge in [0.2, 0.25) is 5.96 Å². The molecule has 0 spiro atoms. The van der Waals surface area contributed by atoms with Crippen LogP contribution in [0.5, 0.6) is 0 Å². The van der Waals surface area contributed by atoms with Crippen LogP contribution in [0.3, 0.4) is 0 Å². The van der Waals surface area contributed by atoms with Crippen LogP contribution in [0.2, 0.25) is 0 Å². The quantitative estimate of drug-likeness (QED) is 0.326. The molecule has 26 heavy (non-hydrogen) atoms. The summed E-state index contributed by atoms with van der Waals surface area (Å²) in [6.07, 6.45) is 7.32. The zero-order valence-electron chi connectivity index (χ0n) is 15.8. The average Bonchev–Trinajstić information content (AvgIpc) is 3.05. The Morgan fingerprint density at radius 2 is 2.27 bits per heavy atom. The van der Waals surface area contributed by atoms with Crippen LogP contribution < -0.4 is 11.1 Å². The number of rotatable bonds is 8. The summed E-state index contributed by atoms with van der Waals surface area (Å²) in [4.78, 5) is 8.34. The Morgan fingerprint density at radius 3 is 2.96 bits per heavy atom. The molecule has 1 fully saturated rings. The zero-order chi connectivity index (χ0) is 18.9. The molecule has 0 saturated heterocycles. The predicted molar refractivity (Wildman–Crippen MR) is 108 cm³/mol. The van der Waals surface area contributed by atoms with Crippen molar-refractivity contribution in [1.29, 1.82) is 5.41 Å². The first kappa shape index (κ1) is 20.3. The molecule has 5 N–H and O–H groups in total. The van der Waals surface area contributed by atoms with E-state index in [1.807, 2.05) is 13.0 Å². The Labute approximate surface area is 156 Å². The number of hydrogen-bond donors (Lipinski definition) is 4. The third-order valence-corrected chi connectivity index (χ3v) is 4.98. The van der Waals surface area contributed by atoms with E-state index in [1.54, 1.807) is 0 Å². The highest BCUT2D eigenvalue weighted by molar-refractivity contribution is 6.17. The van der Waals surface area contributed by atoms with Crippen molar-refractivity contribution in [3.63, 3.8) is 0 Å². The highest BCUT2D eigenvalue weighted by Gasteiger charge is 2.24. The third-order valence-electron chi connectivity index (χ3n) is 4.98. The molecule has 2 rings (SSSR count). The van der Waals surface area contributed by atoms with Gasteiger partial charge < -0.3 is 16.2 Å². The van der Waals surface area contributed by atoms with Gasteiger partial charge in [-0.2, -0.15) is 0 Å². The number of aryl methyl sites for hydroxylation is 2. The van der Waals surface area contributed by atoms with E-state index in [0.717, 1.165) is 49.6 Å². The highest BCUT2D eigenvalue weighted by Crippen LogP contribution is 2.31. The first-order valence-corrected chi connectivity index (χ1v) is 9.40. The van der Waals surface area contributed by atoms with Gasteiger partial charge in [0.1, 0.15) is 6.23 Å². The van der Waals surface area contributed by atoms with Gasteiger partial charge in [-0.1, -0.05) is 25.1 Å². The van der Waals surface area contributed by atoms with Crippen molar-refractivity contribution in [3.05, 3.63) is 34.9 Å². The molecule has 1 aromatic rings. The summed E-state index contributed by atoms with van der Waals surface area (Å²) in [5, 5.41) is 20.1. The fourth-order valence-corrected chi connectivity index (χ4v) is 3.64. The van der Waals surface area contributed by atoms with Crippen LogP contribution in [0.1, 0.15) is 55.5 Å². The monoisotopic (exact) mass is 357 g/mol. The number of nitrogens with two attached hydrogens (primary N) is 1. The van der Waals surface area contributed by atoms with Crippen molar-refractivity contribution in [2.75, 3.05) is 6.54 Å². The van der Waals surface area contributed by atoms with Crippen molar-refractivity contribution in [2.45, 2.75) is 58.2 Å². The minimum absolute atomic E-state index is 0.252. The average molecular weight is 358 g/mol. The Kier molecular flexibility index (Phi) is 7.94. The second-order valence-electron chi connectivity index (χ2n) is 6.95. The fraction of sp³-hybridized carbons (Fsp3) is 0.550. The van der Waals surface area contributed by atoms with Gasteiger partial charge in [0, 0.05) is 12.4 Å². The molecule has 0 aromatic heterocycles. The van der Waals surface area contributed by atoms with Gasteiger partial charge in [-0.15, -0.1) is 0 Å². The molecule has 6 heteroatoms. The molecule has 0 radical (unpaired) electrons. The molecule has 3 unspecified atom stereocenters. The molecule has 1 aliphatic rings. The van der Waals surface area contributed by atoms with Crippen LogP contribution in [0.4, 0.5) is 0 Å². The number of nitrogens with zero attached hydrogens (tertiary/aromatic N) is 2. The van der Waals surface area contributed by atoms with Crippen molar-refractivity contribution >= 4 is 18.4 Å². The summed E-state index contributed by atoms with van der Waals surface area (Å²) in [6, 6.07) is 6.59. The largest absolute Gasteiger partial charge is 0.374 e. The topological polar surface area (TPSA) is 107 Å². The lowest BCUT2D eigenvalue weighted by Gasteiger charge is -2.16. The summed E-state index contributed by atoms with van der Waals surface area (Å²) in [5.74, 6) is 0.931. The fourth-order valence-electron chi connectivity index (χ4n) is 3.64. The van der Waals surface area contributed by atoms with Crippen molar-refractivity contribution in [1.82, 2.24) is 5.32 Å². The highest BCUT2D eigenvalue weighted by atomic mass is 16.3. The first-order chi connectivity index (χ1) is 12.5. The number of aliphatic hydroxyl groups is 1. The second kappa shape index (κ2) is 10.2. The smallest absolute Gasteiger partial charge is 0.215 e. The lowest BCUT2D eigenvalue weighted by atomic mass is 9.95. The maximum Gasteiger partial charge on any atom is 0.215 e. The minimum atomic E-state index is -0.594. The number of hydrogen-bond acceptors (Lipinski definition) is 4. The molecule has 0 bridgehead atoms. The Morgan fingerprint density at radius 1 is 1.46 bits per heavy atom. The van der Waals surface area contributed by atoms with Crippen molar-refractivity contribution < 1.29 is 5.11 Å². The van der Waals surface area contributed by atoms with Crippen LogP contribution in [-0.2, 0) is 6.42 Å². The molecule has 0 aliphatic heterocycles. The summed E-state index contributed by atoms with van der Waals surface area (Å²) in [5.41, 5.74) is 9.14. The predicted octanol–water partition coefficient (Wildman–Crippen LogP) is 2.73. The summed E-state index contributed by atoms with van der Waals surface area (Å²) in [6.45, 7) is 4.78. The van der Waals surface area contributed by atoms with E-state index in [-0.39, 0.29) is 12.0 Å². The summed E-state index contributed by atoms with van der Waals surface area (Å²) >= 11 is 0. The Hall–Kier alpha value is -2.05. The van der Waals surface area contributed by atoms with Crippen LogP contribution in [0.15, 0.2) is 28.2 Å². The van der Waals surface area contributed by atoms with Crippen LogP contribution in [0, 0.1) is 18.3 Å². The molecule has 1 saturated carbocycles. The van der Waals surface area contributed by atoms with Gasteiger partial charge in [-0.3, -0.25) is 5.32 Å². The van der Waals surface area contributed by atoms with Gasteiger partial charge in [0.05, 0.1) is 6.04 Å². The third kappa shape index (κ3) is 6.04. The normalized spacial score (nSPS) is 22.0. The van der Waals surface area contributed by atoms with Crippen molar-refractivity contribution in [2.24, 2.45) is 21.6 Å². The molecule has 1 aromatic carbocycles. The van der Waals surface area contributed by atoms with E-state index in [9.17, 15) is 5.11 Å². The van der Waals surface area contributed by atoms with E-state index in [2.05, 4.69) is 34.4 Å². The molecule has 142 valence electrons. The number of benzene rings is 1. The molecular weight excluding hydrogens is 326 g/mol. The van der Waals surface area contributed by atoms with E-state index < -0.39 is 6.23 Å². The lowest BCUT2D eigenvalue weighted by molar-refractivity contribution is 0.141. The minimum Gasteiger partial charge on any atom is -0.374 e. The maximum atomic E-state index is 10.1. The number of aliphatic hydroxyl groups excluding tert-OH is 1. The molecule has 0 amide bonds. The van der Waals surface area contributed by atoms with Crippen LogP contribution in [-0.4, -0.2) is 36.1 Å². The molecular formula is C20H31N5O. The number of aliphatic imine (C=N–C) groups is 2. The van der Waals surface area contributed by atoms with E-state index in [4.69, 9.17) is 11.1 Å². The lowest BCUT2D eigenvalue weighted by Crippen LogP contribution is -2.21. The summed E-state index contributed by atoms with van der Waals surface area (Å²) in [7, 11) is 0. The van der Waals surface area contributed by atoms with E-state index in [0.29, 0.717) is 5.92 Å². The van der Waals surface area contributed by atoms with Gasteiger partial charge in [-0.25, -0.2) is 9.98 Å². The van der Waals surface area contributed by atoms with E-state index >= 15 is 0 Å². The van der Waals surface area contributed by atoms with Crippen LogP contribution in [0.25, 0.3) is 0 Å². The van der Waals surface area contributed by atoms with Crippen molar-refractivity contribution in [3.8, 4) is 0 Å². The summed E-state index contributed by atoms with van der Waals surface area (Å²) < 4.78 is 0. The van der Waals surface area contributed by atoms with Gasteiger partial charge in [0.25, 0.3) is 0 Å². The van der Waals surface area contributed by atoms with Gasteiger partial charge in [0.15, 0.2) is 0 Å². The Bertz CT molecular complexity index is 656. The molecule has 3 atom stereocenters. The van der Waals surface area contributed by atoms with E-state index in [1.165, 1.54) is 18.2 Å². The second-order valence-corrected chi connectivity index (χ2v) is 6.95. The SMILES string of the molecule is CCNC(O)c1ccc(CCC2CCC(N=C(N)/N=C\C=N)C2)cc1C. The first-order valence-electron chi connectivity index (χ1n) is 9.40. The standard InChI is InChI=1S/C20H31N5O/c1-3-23-19(26)18-9-7-15(12-14(18)2)4-5-16-6-8-17(13-16)25-20(22)24-11-10-21/h7,9-12,16-17,19,21,23,26H,3-6,8,13H2,1-2H3,(H2,22,25)/b21-10?,24-11-. The molecule has 6 nitrogen and oxygen atoms in total. The van der Waals surface area contributed by atoms with Crippen LogP contribution >= 0.6 is 0 Å². The zero-order valence-corrected chi connectivity index (χ0v) is 15.8. The van der Waals surface area contributed by atoms with Gasteiger partial charge in [-0.05, 0) is 68.2 Å². The number of nitrogens with one attached hydrogen (secondary N) is 2. The number of guanidine groups is 1. The van der Waals surface area contributed by atoms with Gasteiger partial charge >= 0.3 is 0 Å².